The van der Waals surface area contributed by atoms with Gasteiger partial charge in [0.2, 0.25) is 11.0 Å². The van der Waals surface area contributed by atoms with Crippen LogP contribution in [0.2, 0.25) is 0 Å². The molecule has 2 atom stereocenters. The summed E-state index contributed by atoms with van der Waals surface area (Å²) in [7, 11) is 0. The van der Waals surface area contributed by atoms with Crippen molar-refractivity contribution in [3.8, 4) is 10.7 Å². The average Bonchev–Trinajstić information content (AvgIpc) is 2.86. The van der Waals surface area contributed by atoms with Crippen molar-refractivity contribution < 1.29 is 4.79 Å². The first kappa shape index (κ1) is 15.8. The van der Waals surface area contributed by atoms with Crippen LogP contribution in [0.3, 0.4) is 0 Å². The molecule has 1 aliphatic rings. The lowest BCUT2D eigenvalue weighted by molar-refractivity contribution is -0.118. The second kappa shape index (κ2) is 5.85. The van der Waals surface area contributed by atoms with Gasteiger partial charge in [0, 0.05) is 6.20 Å². The highest BCUT2D eigenvalue weighted by molar-refractivity contribution is 7.18. The smallest absolute Gasteiger partial charge is 0.230 e. The second-order valence-corrected chi connectivity index (χ2v) is 7.66. The van der Waals surface area contributed by atoms with E-state index >= 15 is 0 Å². The Hall–Kier alpha value is -2.08. The van der Waals surface area contributed by atoms with Crippen molar-refractivity contribution in [3.63, 3.8) is 0 Å². The molecule has 2 heterocycles. The Labute approximate surface area is 139 Å². The van der Waals surface area contributed by atoms with E-state index in [1.54, 1.807) is 6.20 Å². The Balaban J connectivity index is 1.70. The van der Waals surface area contributed by atoms with Crippen LogP contribution in [0.25, 0.3) is 10.7 Å². The van der Waals surface area contributed by atoms with Crippen molar-refractivity contribution in [2.45, 2.75) is 27.7 Å². The quantitative estimate of drug-likeness (QED) is 0.867. The first-order valence-corrected chi connectivity index (χ1v) is 8.42. The summed E-state index contributed by atoms with van der Waals surface area (Å²) in [4.78, 5) is 16.8. The maximum absolute atomic E-state index is 12.5. The summed E-state index contributed by atoms with van der Waals surface area (Å²) in [5.41, 5.74) is 2.00. The first-order chi connectivity index (χ1) is 10.9. The number of hydrogen-bond acceptors (Lipinski definition) is 5. The first-order valence-electron chi connectivity index (χ1n) is 7.60. The lowest BCUT2D eigenvalue weighted by Crippen LogP contribution is -2.16. The lowest BCUT2D eigenvalue weighted by atomic mass is 10.1. The highest BCUT2D eigenvalue weighted by atomic mass is 32.1. The number of carbonyl (C=O) groups is 1. The van der Waals surface area contributed by atoms with E-state index in [2.05, 4.69) is 54.3 Å². The van der Waals surface area contributed by atoms with Crippen LogP contribution in [0.4, 0.5) is 5.13 Å². The number of amides is 1. The largest absolute Gasteiger partial charge is 0.300 e. The summed E-state index contributed by atoms with van der Waals surface area (Å²) in [6, 6.07) is 5.63. The van der Waals surface area contributed by atoms with E-state index in [0.29, 0.717) is 10.1 Å². The Kier molecular flexibility index (Phi) is 4.02. The van der Waals surface area contributed by atoms with Crippen LogP contribution in [0, 0.1) is 17.3 Å². The number of allylic oxidation sites excluding steroid dienone is 2. The normalized spacial score (nSPS) is 21.6. The third-order valence-electron chi connectivity index (χ3n) is 4.25. The Morgan fingerprint density at radius 3 is 2.74 bits per heavy atom. The van der Waals surface area contributed by atoms with Gasteiger partial charge >= 0.3 is 0 Å². The number of carbonyl (C=O) groups excluding carboxylic acids is 1. The predicted molar refractivity (Wildman–Crippen MR) is 92.0 cm³/mol. The molecule has 23 heavy (non-hydrogen) atoms. The molecule has 1 aliphatic carbocycles. The molecule has 0 radical (unpaired) electrons. The molecule has 1 N–H and O–H groups in total. The summed E-state index contributed by atoms with van der Waals surface area (Å²) in [6.07, 6.45) is 3.90. The number of nitrogens with zero attached hydrogens (tertiary/aromatic N) is 3. The zero-order valence-corrected chi connectivity index (χ0v) is 14.5. The van der Waals surface area contributed by atoms with Gasteiger partial charge < -0.3 is 5.32 Å². The van der Waals surface area contributed by atoms with Crippen LogP contribution >= 0.6 is 11.3 Å². The standard InChI is InChI=1S/C17H20N4OS/c1-10(2)9-11-13(17(11,3)4)14(22)19-16-21-20-15(23-16)12-7-5-6-8-18-12/h5-9,11,13H,1-4H3,(H,19,21,22)/t11-,13-/m1/s1. The average molecular weight is 328 g/mol. The van der Waals surface area contributed by atoms with Crippen molar-refractivity contribution in [3.05, 3.63) is 36.0 Å². The number of hydrogen-bond donors (Lipinski definition) is 1. The molecule has 1 fully saturated rings. The van der Waals surface area contributed by atoms with E-state index in [1.165, 1.54) is 16.9 Å². The molecule has 3 rings (SSSR count). The molecule has 1 saturated carbocycles. The van der Waals surface area contributed by atoms with Crippen molar-refractivity contribution >= 4 is 22.4 Å². The van der Waals surface area contributed by atoms with Crippen LogP contribution in [0.1, 0.15) is 27.7 Å². The molecule has 0 aromatic carbocycles. The Morgan fingerprint density at radius 2 is 2.09 bits per heavy atom. The maximum atomic E-state index is 12.5. The van der Waals surface area contributed by atoms with E-state index in [0.717, 1.165) is 5.69 Å². The zero-order valence-electron chi connectivity index (χ0n) is 13.7. The molecule has 1 amide bonds. The van der Waals surface area contributed by atoms with E-state index in [4.69, 9.17) is 0 Å². The zero-order chi connectivity index (χ0) is 16.6. The molecular formula is C17H20N4OS. The van der Waals surface area contributed by atoms with E-state index in [1.807, 2.05) is 18.2 Å². The molecule has 0 saturated heterocycles. The molecule has 120 valence electrons. The number of nitrogens with one attached hydrogen (secondary N) is 1. The van der Waals surface area contributed by atoms with Gasteiger partial charge in [0.25, 0.3) is 0 Å². The van der Waals surface area contributed by atoms with Gasteiger partial charge in [-0.15, -0.1) is 10.2 Å². The van der Waals surface area contributed by atoms with Gasteiger partial charge in [-0.2, -0.15) is 0 Å². The summed E-state index contributed by atoms with van der Waals surface area (Å²) in [6.45, 7) is 8.38. The lowest BCUT2D eigenvalue weighted by Gasteiger charge is -2.01. The van der Waals surface area contributed by atoms with Crippen molar-refractivity contribution in [2.75, 3.05) is 5.32 Å². The minimum atomic E-state index is -0.0143. The molecule has 0 unspecified atom stereocenters. The number of pyridine rings is 1. The number of anilines is 1. The van der Waals surface area contributed by atoms with E-state index in [9.17, 15) is 4.79 Å². The van der Waals surface area contributed by atoms with Crippen LogP contribution in [-0.4, -0.2) is 21.1 Å². The molecule has 5 nitrogen and oxygen atoms in total. The van der Waals surface area contributed by atoms with Gasteiger partial charge in [-0.25, -0.2) is 0 Å². The number of aromatic nitrogens is 3. The maximum Gasteiger partial charge on any atom is 0.230 e. The van der Waals surface area contributed by atoms with Gasteiger partial charge in [0.15, 0.2) is 5.01 Å². The predicted octanol–water partition coefficient (Wildman–Crippen LogP) is 3.78. The van der Waals surface area contributed by atoms with Crippen LogP contribution in [0.5, 0.6) is 0 Å². The highest BCUT2D eigenvalue weighted by Gasteiger charge is 2.60. The van der Waals surface area contributed by atoms with E-state index < -0.39 is 0 Å². The summed E-state index contributed by atoms with van der Waals surface area (Å²) in [5, 5.41) is 12.3. The Bertz CT molecular complexity index is 747. The van der Waals surface area contributed by atoms with E-state index in [-0.39, 0.29) is 23.2 Å². The highest BCUT2D eigenvalue weighted by Crippen LogP contribution is 2.59. The monoisotopic (exact) mass is 328 g/mol. The van der Waals surface area contributed by atoms with Crippen molar-refractivity contribution in [1.82, 2.24) is 15.2 Å². The van der Waals surface area contributed by atoms with Crippen LogP contribution in [-0.2, 0) is 4.79 Å². The molecule has 2 aromatic rings. The van der Waals surface area contributed by atoms with Crippen LogP contribution < -0.4 is 5.32 Å². The summed E-state index contributed by atoms with van der Waals surface area (Å²) >= 11 is 1.34. The van der Waals surface area contributed by atoms with Gasteiger partial charge in [0.1, 0.15) is 5.69 Å². The number of rotatable bonds is 4. The van der Waals surface area contributed by atoms with Gasteiger partial charge in [-0.1, -0.05) is 42.9 Å². The van der Waals surface area contributed by atoms with Gasteiger partial charge in [-0.3, -0.25) is 9.78 Å². The molecule has 2 aromatic heterocycles. The minimum absolute atomic E-state index is 0.00411. The topological polar surface area (TPSA) is 67.8 Å². The molecule has 6 heteroatoms. The fourth-order valence-corrected chi connectivity index (χ4v) is 3.62. The molecule has 0 spiro atoms. The fourth-order valence-electron chi connectivity index (χ4n) is 2.90. The Morgan fingerprint density at radius 1 is 1.30 bits per heavy atom. The SMILES string of the molecule is CC(C)=C[C@@H]1[C@H](C(=O)Nc2nnc(-c3ccccn3)s2)C1(C)C. The van der Waals surface area contributed by atoms with Crippen LogP contribution in [0.15, 0.2) is 36.0 Å². The second-order valence-electron chi connectivity index (χ2n) is 6.69. The molecular weight excluding hydrogens is 308 g/mol. The molecule has 0 aliphatic heterocycles. The van der Waals surface area contributed by atoms with Gasteiger partial charge in [-0.05, 0) is 37.3 Å². The summed E-state index contributed by atoms with van der Waals surface area (Å²) in [5.74, 6) is 0.288. The minimum Gasteiger partial charge on any atom is -0.300 e. The van der Waals surface area contributed by atoms with Gasteiger partial charge in [0.05, 0.1) is 5.92 Å². The molecule has 0 bridgehead atoms. The van der Waals surface area contributed by atoms with Crippen molar-refractivity contribution in [2.24, 2.45) is 17.3 Å². The fraction of sp³-hybridized carbons (Fsp3) is 0.412. The summed E-state index contributed by atoms with van der Waals surface area (Å²) < 4.78 is 0. The third kappa shape index (κ3) is 3.17. The van der Waals surface area contributed by atoms with Crippen molar-refractivity contribution in [1.29, 1.82) is 0 Å². The third-order valence-corrected chi connectivity index (χ3v) is 5.11.